The molecule has 0 aromatic heterocycles. The smallest absolute Gasteiger partial charge is 0.332 e. The molecule has 0 saturated heterocycles. The Bertz CT molecular complexity index is 563. The Morgan fingerprint density at radius 1 is 1.08 bits per heavy atom. The molecule has 0 aliphatic carbocycles. The first-order valence-corrected chi connectivity index (χ1v) is 8.01. The van der Waals surface area contributed by atoms with Crippen molar-refractivity contribution in [1.82, 2.24) is 0 Å². The average Bonchev–Trinajstić information content (AvgIpc) is 2.49. The molecule has 6 heteroatoms. The third-order valence-corrected chi connectivity index (χ3v) is 2.75. The molecule has 6 nitrogen and oxygen atoms in total. The molecule has 132 valence electrons. The lowest BCUT2D eigenvalue weighted by molar-refractivity contribution is -0.142. The quantitative estimate of drug-likeness (QED) is 0.551. The zero-order chi connectivity index (χ0) is 17.9. The maximum absolute atomic E-state index is 11.7. The topological polar surface area (TPSA) is 73.9 Å². The fraction of sp³-hybridized carbons (Fsp3) is 0.444. The first-order valence-electron chi connectivity index (χ1n) is 8.01. The van der Waals surface area contributed by atoms with Crippen molar-refractivity contribution in [1.29, 1.82) is 0 Å². The standard InChI is InChI=1S/C18H25NO5/c1-5-22-17(20)11-15(12-18(21)23-6-2)19-14-7-9-16(10-8-14)24-13(3)4/h7-11,13,19H,5-6,12H2,1-4H3. The summed E-state index contributed by atoms with van der Waals surface area (Å²) < 4.78 is 15.4. The summed E-state index contributed by atoms with van der Waals surface area (Å²) in [4.78, 5) is 23.3. The highest BCUT2D eigenvalue weighted by atomic mass is 16.5. The Hall–Kier alpha value is -2.50. The summed E-state index contributed by atoms with van der Waals surface area (Å²) in [6.07, 6.45) is 1.31. The SMILES string of the molecule is CCOC(=O)C=C(CC(=O)OCC)Nc1ccc(OC(C)C)cc1. The summed E-state index contributed by atoms with van der Waals surface area (Å²) >= 11 is 0. The summed E-state index contributed by atoms with van der Waals surface area (Å²) in [5, 5.41) is 3.04. The molecule has 0 spiro atoms. The molecule has 0 saturated carbocycles. The molecule has 0 heterocycles. The van der Waals surface area contributed by atoms with E-state index in [1.54, 1.807) is 13.8 Å². The molecule has 1 aromatic rings. The molecule has 1 rings (SSSR count). The molecular formula is C18H25NO5. The van der Waals surface area contributed by atoms with E-state index in [4.69, 9.17) is 14.2 Å². The number of esters is 2. The van der Waals surface area contributed by atoms with Crippen LogP contribution in [0.15, 0.2) is 36.0 Å². The van der Waals surface area contributed by atoms with Crippen LogP contribution in [0.2, 0.25) is 0 Å². The maximum Gasteiger partial charge on any atom is 0.332 e. The normalized spacial score (nSPS) is 11.1. The van der Waals surface area contributed by atoms with E-state index in [-0.39, 0.29) is 25.7 Å². The van der Waals surface area contributed by atoms with E-state index in [2.05, 4.69) is 5.32 Å². The molecule has 0 bridgehead atoms. The van der Waals surface area contributed by atoms with Gasteiger partial charge in [-0.3, -0.25) is 4.79 Å². The van der Waals surface area contributed by atoms with Gasteiger partial charge < -0.3 is 19.5 Å². The highest BCUT2D eigenvalue weighted by molar-refractivity contribution is 5.85. The van der Waals surface area contributed by atoms with Crippen LogP contribution >= 0.6 is 0 Å². The van der Waals surface area contributed by atoms with Crippen LogP contribution in [0.25, 0.3) is 0 Å². The van der Waals surface area contributed by atoms with Gasteiger partial charge in [-0.05, 0) is 52.0 Å². The van der Waals surface area contributed by atoms with Crippen LogP contribution in [-0.2, 0) is 19.1 Å². The number of hydrogen-bond donors (Lipinski definition) is 1. The number of anilines is 1. The van der Waals surface area contributed by atoms with Crippen molar-refractivity contribution in [2.24, 2.45) is 0 Å². The van der Waals surface area contributed by atoms with Crippen molar-refractivity contribution in [2.75, 3.05) is 18.5 Å². The summed E-state index contributed by atoms with van der Waals surface area (Å²) in [5.74, 6) is -0.179. The van der Waals surface area contributed by atoms with Crippen LogP contribution in [0.3, 0.4) is 0 Å². The zero-order valence-electron chi connectivity index (χ0n) is 14.6. The molecule has 0 amide bonds. The van der Waals surface area contributed by atoms with Gasteiger partial charge in [-0.15, -0.1) is 0 Å². The second-order valence-corrected chi connectivity index (χ2v) is 5.22. The number of benzene rings is 1. The van der Waals surface area contributed by atoms with Crippen LogP contribution in [0.5, 0.6) is 5.75 Å². The Balaban J connectivity index is 2.83. The molecular weight excluding hydrogens is 310 g/mol. The van der Waals surface area contributed by atoms with Gasteiger partial charge in [0.2, 0.25) is 0 Å². The summed E-state index contributed by atoms with van der Waals surface area (Å²) in [5.41, 5.74) is 1.13. The molecule has 1 aromatic carbocycles. The van der Waals surface area contributed by atoms with Crippen molar-refractivity contribution in [3.05, 3.63) is 36.0 Å². The Morgan fingerprint density at radius 3 is 2.25 bits per heavy atom. The number of ether oxygens (including phenoxy) is 3. The van der Waals surface area contributed by atoms with Crippen LogP contribution in [0.1, 0.15) is 34.1 Å². The lowest BCUT2D eigenvalue weighted by Gasteiger charge is -2.13. The summed E-state index contributed by atoms with van der Waals surface area (Å²) in [7, 11) is 0. The van der Waals surface area contributed by atoms with Gasteiger partial charge in [0, 0.05) is 17.5 Å². The van der Waals surface area contributed by atoms with Crippen molar-refractivity contribution in [3.8, 4) is 5.75 Å². The molecule has 24 heavy (non-hydrogen) atoms. The van der Waals surface area contributed by atoms with E-state index in [0.29, 0.717) is 5.70 Å². The van der Waals surface area contributed by atoms with E-state index in [1.165, 1.54) is 6.08 Å². The van der Waals surface area contributed by atoms with Crippen molar-refractivity contribution >= 4 is 17.6 Å². The van der Waals surface area contributed by atoms with Gasteiger partial charge in [0.15, 0.2) is 0 Å². The van der Waals surface area contributed by atoms with E-state index >= 15 is 0 Å². The lowest BCUT2D eigenvalue weighted by atomic mass is 10.2. The van der Waals surface area contributed by atoms with Crippen molar-refractivity contribution in [2.45, 2.75) is 40.2 Å². The number of carbonyl (C=O) groups is 2. The second-order valence-electron chi connectivity index (χ2n) is 5.22. The highest BCUT2D eigenvalue weighted by Gasteiger charge is 2.10. The summed E-state index contributed by atoms with van der Waals surface area (Å²) in [6, 6.07) is 7.24. The van der Waals surface area contributed by atoms with Gasteiger partial charge in [0.25, 0.3) is 0 Å². The van der Waals surface area contributed by atoms with E-state index in [0.717, 1.165) is 11.4 Å². The first kappa shape index (κ1) is 19.5. The minimum Gasteiger partial charge on any atom is -0.491 e. The first-order chi connectivity index (χ1) is 11.4. The van der Waals surface area contributed by atoms with Gasteiger partial charge >= 0.3 is 11.9 Å². The number of nitrogens with one attached hydrogen (secondary N) is 1. The Kier molecular flexibility index (Phi) is 8.39. The minimum absolute atomic E-state index is 0.0447. The molecule has 1 N–H and O–H groups in total. The minimum atomic E-state index is -0.510. The van der Waals surface area contributed by atoms with E-state index in [9.17, 15) is 9.59 Å². The Morgan fingerprint density at radius 2 is 1.71 bits per heavy atom. The third-order valence-electron chi connectivity index (χ3n) is 2.75. The molecule has 0 unspecified atom stereocenters. The van der Waals surface area contributed by atoms with Crippen LogP contribution in [0, 0.1) is 0 Å². The molecule has 0 atom stereocenters. The van der Waals surface area contributed by atoms with Crippen LogP contribution in [0.4, 0.5) is 5.69 Å². The molecule has 0 aliphatic heterocycles. The van der Waals surface area contributed by atoms with Crippen LogP contribution < -0.4 is 10.1 Å². The predicted molar refractivity (Wildman–Crippen MR) is 91.8 cm³/mol. The number of rotatable bonds is 9. The van der Waals surface area contributed by atoms with Crippen LogP contribution in [-0.4, -0.2) is 31.3 Å². The Labute approximate surface area is 142 Å². The van der Waals surface area contributed by atoms with E-state index < -0.39 is 11.9 Å². The highest BCUT2D eigenvalue weighted by Crippen LogP contribution is 2.19. The predicted octanol–water partition coefficient (Wildman–Crippen LogP) is 3.29. The van der Waals surface area contributed by atoms with E-state index in [1.807, 2.05) is 38.1 Å². The van der Waals surface area contributed by atoms with Gasteiger partial charge in [-0.2, -0.15) is 0 Å². The number of hydrogen-bond acceptors (Lipinski definition) is 6. The second kappa shape index (κ2) is 10.3. The maximum atomic E-state index is 11.7. The number of carbonyl (C=O) groups excluding carboxylic acids is 2. The summed E-state index contributed by atoms with van der Waals surface area (Å²) in [6.45, 7) is 7.90. The molecule has 0 aliphatic rings. The van der Waals surface area contributed by atoms with Gasteiger partial charge in [-0.25, -0.2) is 4.79 Å². The zero-order valence-corrected chi connectivity index (χ0v) is 14.6. The van der Waals surface area contributed by atoms with Gasteiger partial charge in [0.1, 0.15) is 5.75 Å². The fourth-order valence-corrected chi connectivity index (χ4v) is 1.90. The molecule has 0 radical (unpaired) electrons. The van der Waals surface area contributed by atoms with Gasteiger partial charge in [0.05, 0.1) is 25.7 Å². The lowest BCUT2D eigenvalue weighted by Crippen LogP contribution is -2.12. The largest absolute Gasteiger partial charge is 0.491 e. The average molecular weight is 335 g/mol. The van der Waals surface area contributed by atoms with Crippen molar-refractivity contribution in [3.63, 3.8) is 0 Å². The third kappa shape index (κ3) is 7.67. The monoisotopic (exact) mass is 335 g/mol. The fourth-order valence-electron chi connectivity index (χ4n) is 1.90. The van der Waals surface area contributed by atoms with Crippen molar-refractivity contribution < 1.29 is 23.8 Å². The molecule has 0 fully saturated rings. The van der Waals surface area contributed by atoms with Gasteiger partial charge in [-0.1, -0.05) is 0 Å².